The molecule has 1 aliphatic rings. The van der Waals surface area contributed by atoms with Gasteiger partial charge in [-0.3, -0.25) is 4.57 Å². The Morgan fingerprint density at radius 2 is 2.38 bits per heavy atom. The average Bonchev–Trinajstić information content (AvgIpc) is 2.80. The van der Waals surface area contributed by atoms with Crippen molar-refractivity contribution in [1.29, 1.82) is 0 Å². The zero-order valence-electron chi connectivity index (χ0n) is 9.81. The summed E-state index contributed by atoms with van der Waals surface area (Å²) < 4.78 is 2.52. The number of nitrogen functional groups attached to an aromatic ring is 1. The molecule has 1 saturated heterocycles. The molecule has 2 heterocycles. The summed E-state index contributed by atoms with van der Waals surface area (Å²) in [5.41, 5.74) is 5.75. The van der Waals surface area contributed by atoms with Crippen LogP contribution in [0.25, 0.3) is 0 Å². The molecule has 1 aromatic heterocycles. The van der Waals surface area contributed by atoms with Crippen molar-refractivity contribution in [2.75, 3.05) is 18.8 Å². The number of rotatable bonds is 3. The first-order valence-corrected chi connectivity index (χ1v) is 6.13. The smallest absolute Gasteiger partial charge is 0.220 e. The van der Waals surface area contributed by atoms with Gasteiger partial charge in [-0.2, -0.15) is 0 Å². The van der Waals surface area contributed by atoms with E-state index in [0.29, 0.717) is 22.7 Å². The van der Waals surface area contributed by atoms with Crippen molar-refractivity contribution in [3.63, 3.8) is 0 Å². The Hall–Kier alpha value is -0.880. The minimum absolute atomic E-state index is 0.494. The van der Waals surface area contributed by atoms with E-state index in [-0.39, 0.29) is 0 Å². The third kappa shape index (κ3) is 2.27. The van der Waals surface area contributed by atoms with E-state index in [9.17, 15) is 0 Å². The number of nitrogens with two attached hydrogens (primary N) is 1. The largest absolute Gasteiger partial charge is 0.368 e. The van der Waals surface area contributed by atoms with Crippen LogP contribution in [0.1, 0.15) is 20.3 Å². The fourth-order valence-corrected chi connectivity index (χ4v) is 2.46. The highest BCUT2D eigenvalue weighted by molar-refractivity contribution is 7.71. The second-order valence-electron chi connectivity index (χ2n) is 4.74. The van der Waals surface area contributed by atoms with Crippen LogP contribution in [0.4, 0.5) is 5.95 Å². The summed E-state index contributed by atoms with van der Waals surface area (Å²) in [4.78, 5) is 2.49. The number of hydrogen-bond donors (Lipinski definition) is 2. The van der Waals surface area contributed by atoms with Crippen LogP contribution >= 0.6 is 12.2 Å². The van der Waals surface area contributed by atoms with Crippen LogP contribution in [0.2, 0.25) is 0 Å². The molecule has 0 saturated carbocycles. The number of anilines is 1. The van der Waals surface area contributed by atoms with Gasteiger partial charge in [0.25, 0.3) is 0 Å². The molecule has 90 valence electrons. The first kappa shape index (κ1) is 11.6. The Kier molecular flexibility index (Phi) is 3.30. The maximum absolute atomic E-state index is 5.75. The Morgan fingerprint density at radius 3 is 2.88 bits per heavy atom. The van der Waals surface area contributed by atoms with Crippen molar-refractivity contribution in [3.8, 4) is 0 Å². The lowest BCUT2D eigenvalue weighted by molar-refractivity contribution is 0.260. The number of H-pyrrole nitrogens is 1. The van der Waals surface area contributed by atoms with Gasteiger partial charge in [0.05, 0.1) is 0 Å². The van der Waals surface area contributed by atoms with Gasteiger partial charge in [0, 0.05) is 19.1 Å². The average molecular weight is 241 g/mol. The van der Waals surface area contributed by atoms with E-state index in [1.165, 1.54) is 13.0 Å². The Morgan fingerprint density at radius 1 is 1.62 bits per heavy atom. The third-order valence-corrected chi connectivity index (χ3v) is 3.59. The van der Waals surface area contributed by atoms with E-state index in [1.807, 2.05) is 4.57 Å². The number of nitrogens with zero attached hydrogens (tertiary/aromatic N) is 3. The summed E-state index contributed by atoms with van der Waals surface area (Å²) in [5.74, 6) is 1.13. The van der Waals surface area contributed by atoms with Crippen LogP contribution in [-0.4, -0.2) is 38.8 Å². The van der Waals surface area contributed by atoms with E-state index < -0.39 is 0 Å². The molecule has 0 spiro atoms. The highest BCUT2D eigenvalue weighted by Crippen LogP contribution is 2.20. The monoisotopic (exact) mass is 241 g/mol. The molecule has 0 aliphatic carbocycles. The zero-order chi connectivity index (χ0) is 11.7. The number of likely N-dealkylation sites (tertiary alicyclic amines) is 1. The first-order valence-electron chi connectivity index (χ1n) is 5.72. The minimum Gasteiger partial charge on any atom is -0.368 e. The number of nitrogens with one attached hydrogen (secondary N) is 1. The third-order valence-electron chi connectivity index (χ3n) is 3.28. The molecule has 16 heavy (non-hydrogen) atoms. The molecule has 1 aliphatic heterocycles. The van der Waals surface area contributed by atoms with Gasteiger partial charge < -0.3 is 10.6 Å². The van der Waals surface area contributed by atoms with Crippen molar-refractivity contribution < 1.29 is 0 Å². The highest BCUT2D eigenvalue weighted by atomic mass is 32.1. The van der Waals surface area contributed by atoms with Crippen LogP contribution < -0.4 is 5.73 Å². The molecule has 1 fully saturated rings. The number of hydrogen-bond acceptors (Lipinski definition) is 4. The summed E-state index contributed by atoms with van der Waals surface area (Å²) >= 11 is 5.14. The fourth-order valence-electron chi connectivity index (χ4n) is 2.25. The first-order chi connectivity index (χ1) is 7.58. The predicted molar refractivity (Wildman–Crippen MR) is 66.6 cm³/mol. The molecule has 6 heteroatoms. The summed E-state index contributed by atoms with van der Waals surface area (Å²) in [5, 5.41) is 6.64. The lowest BCUT2D eigenvalue weighted by Crippen LogP contribution is -2.28. The van der Waals surface area contributed by atoms with Gasteiger partial charge in [0.2, 0.25) is 5.95 Å². The maximum atomic E-state index is 5.75. The van der Waals surface area contributed by atoms with Gasteiger partial charge in [-0.1, -0.05) is 0 Å². The van der Waals surface area contributed by atoms with Gasteiger partial charge in [-0.15, -0.1) is 5.10 Å². The summed E-state index contributed by atoms with van der Waals surface area (Å²) in [6.07, 6.45) is 1.21. The quantitative estimate of drug-likeness (QED) is 0.782. The number of aromatic nitrogens is 3. The zero-order valence-corrected chi connectivity index (χ0v) is 10.6. The highest BCUT2D eigenvalue weighted by Gasteiger charge is 2.25. The van der Waals surface area contributed by atoms with E-state index in [0.717, 1.165) is 13.1 Å². The molecule has 1 aromatic rings. The van der Waals surface area contributed by atoms with E-state index in [4.69, 9.17) is 18.0 Å². The van der Waals surface area contributed by atoms with Crippen LogP contribution in [0.3, 0.4) is 0 Å². The molecule has 0 radical (unpaired) electrons. The Labute approximate surface area is 101 Å². The standard InChI is InChI=1S/C10H19N5S/c1-7(2)14-4-3-8(5-14)6-15-9(11)12-13-10(15)16/h7-8H,3-6H2,1-2H3,(H2,11,12)(H,13,16). The van der Waals surface area contributed by atoms with Gasteiger partial charge in [-0.05, 0) is 44.9 Å². The van der Waals surface area contributed by atoms with Gasteiger partial charge >= 0.3 is 0 Å². The van der Waals surface area contributed by atoms with E-state index in [2.05, 4.69) is 28.9 Å². The van der Waals surface area contributed by atoms with Crippen molar-refractivity contribution in [3.05, 3.63) is 4.77 Å². The molecule has 0 amide bonds. The topological polar surface area (TPSA) is 62.9 Å². The van der Waals surface area contributed by atoms with Crippen LogP contribution in [0.15, 0.2) is 0 Å². The van der Waals surface area contributed by atoms with Crippen LogP contribution in [-0.2, 0) is 6.54 Å². The van der Waals surface area contributed by atoms with Crippen LogP contribution in [0.5, 0.6) is 0 Å². The maximum Gasteiger partial charge on any atom is 0.220 e. The molecule has 1 unspecified atom stereocenters. The van der Waals surface area contributed by atoms with E-state index in [1.54, 1.807) is 0 Å². The normalized spacial score (nSPS) is 22.1. The summed E-state index contributed by atoms with van der Waals surface area (Å²) in [6, 6.07) is 0.625. The Bertz CT molecular complexity index is 408. The lowest BCUT2D eigenvalue weighted by atomic mass is 10.1. The van der Waals surface area contributed by atoms with Crippen molar-refractivity contribution in [1.82, 2.24) is 19.7 Å². The molecular formula is C10H19N5S. The summed E-state index contributed by atoms with van der Waals surface area (Å²) in [7, 11) is 0. The fraction of sp³-hybridized carbons (Fsp3) is 0.800. The molecule has 0 aromatic carbocycles. The molecule has 3 N–H and O–H groups in total. The predicted octanol–water partition coefficient (Wildman–Crippen LogP) is 1.25. The molecule has 1 atom stereocenters. The van der Waals surface area contributed by atoms with Crippen molar-refractivity contribution in [2.45, 2.75) is 32.9 Å². The van der Waals surface area contributed by atoms with Crippen molar-refractivity contribution in [2.24, 2.45) is 5.92 Å². The second kappa shape index (κ2) is 4.55. The molecule has 2 rings (SSSR count). The lowest BCUT2D eigenvalue weighted by Gasteiger charge is -2.20. The number of aromatic amines is 1. The Balaban J connectivity index is 2.00. The van der Waals surface area contributed by atoms with Gasteiger partial charge in [0.1, 0.15) is 0 Å². The molecular weight excluding hydrogens is 222 g/mol. The van der Waals surface area contributed by atoms with Gasteiger partial charge in [-0.25, -0.2) is 5.10 Å². The summed E-state index contributed by atoms with van der Waals surface area (Å²) in [6.45, 7) is 7.66. The molecule has 0 bridgehead atoms. The van der Waals surface area contributed by atoms with Crippen LogP contribution in [0, 0.1) is 10.7 Å². The van der Waals surface area contributed by atoms with E-state index >= 15 is 0 Å². The van der Waals surface area contributed by atoms with Gasteiger partial charge in [0.15, 0.2) is 4.77 Å². The second-order valence-corrected chi connectivity index (χ2v) is 5.13. The molecule has 5 nitrogen and oxygen atoms in total. The SMILES string of the molecule is CC(C)N1CCC(Cn2c(N)n[nH]c2=S)C1. The van der Waals surface area contributed by atoms with Crippen molar-refractivity contribution >= 4 is 18.2 Å². The minimum atomic E-state index is 0.494.